The molecule has 1 N–H and O–H groups in total. The SMILES string of the molecule is CCCCCCCCCC/C=C\CCCCCCCCCCCCCCCCCCCCCCCC(=O)OC(CO)COC(=O)CCCCCCCCCCCCCCCCCCCCCCCCCCCCCCCCCCCCCCCCCC. The van der Waals surface area contributed by atoms with Crippen LogP contribution in [0.25, 0.3) is 0 Å². The molecule has 0 spiro atoms. The highest BCUT2D eigenvalue weighted by atomic mass is 16.6. The molecule has 1 atom stereocenters. The number of ether oxygens (including phenoxy) is 2. The second kappa shape index (κ2) is 78.9. The Kier molecular flexibility index (Phi) is 77.6. The van der Waals surface area contributed by atoms with Crippen LogP contribution in [-0.4, -0.2) is 36.4 Å². The third-order valence-electron chi connectivity index (χ3n) is 19.3. The van der Waals surface area contributed by atoms with Gasteiger partial charge in [0.1, 0.15) is 6.61 Å². The molecule has 0 heterocycles. The van der Waals surface area contributed by atoms with Crippen molar-refractivity contribution < 1.29 is 24.2 Å². The highest BCUT2D eigenvalue weighted by Crippen LogP contribution is 2.21. The zero-order valence-electron chi connectivity index (χ0n) is 59.8. The first kappa shape index (κ1) is 85.6. The van der Waals surface area contributed by atoms with Crippen LogP contribution in [0.15, 0.2) is 12.2 Å². The Labute approximate surface area is 547 Å². The van der Waals surface area contributed by atoms with Gasteiger partial charge in [0.05, 0.1) is 6.61 Å². The summed E-state index contributed by atoms with van der Waals surface area (Å²) in [6, 6.07) is 0. The Balaban J connectivity index is 3.33. The molecule has 518 valence electrons. The largest absolute Gasteiger partial charge is 0.462 e. The molecule has 0 aromatic heterocycles. The van der Waals surface area contributed by atoms with Crippen LogP contribution in [0, 0.1) is 0 Å². The third kappa shape index (κ3) is 77.0. The molecule has 0 aromatic carbocycles. The van der Waals surface area contributed by atoms with Crippen LogP contribution in [0.1, 0.15) is 483 Å². The number of carbonyl (C=O) groups is 2. The van der Waals surface area contributed by atoms with E-state index in [2.05, 4.69) is 26.0 Å². The van der Waals surface area contributed by atoms with Crippen LogP contribution >= 0.6 is 0 Å². The molecule has 0 aliphatic rings. The van der Waals surface area contributed by atoms with E-state index in [9.17, 15) is 14.7 Å². The maximum atomic E-state index is 12.4. The zero-order valence-corrected chi connectivity index (χ0v) is 59.8. The van der Waals surface area contributed by atoms with E-state index in [1.165, 1.54) is 424 Å². The summed E-state index contributed by atoms with van der Waals surface area (Å²) < 4.78 is 10.8. The van der Waals surface area contributed by atoms with Gasteiger partial charge in [0, 0.05) is 12.8 Å². The van der Waals surface area contributed by atoms with Gasteiger partial charge in [-0.15, -0.1) is 0 Å². The minimum absolute atomic E-state index is 0.0563. The molecule has 0 bridgehead atoms. The molecule has 0 amide bonds. The average molecular weight is 1230 g/mol. The van der Waals surface area contributed by atoms with Crippen molar-refractivity contribution in [1.82, 2.24) is 0 Å². The summed E-state index contributed by atoms with van der Waals surface area (Å²) >= 11 is 0. The minimum atomic E-state index is -0.768. The van der Waals surface area contributed by atoms with E-state index in [4.69, 9.17) is 9.47 Å². The lowest BCUT2D eigenvalue weighted by molar-refractivity contribution is -0.161. The van der Waals surface area contributed by atoms with Crippen LogP contribution in [0.5, 0.6) is 0 Å². The van der Waals surface area contributed by atoms with Crippen LogP contribution in [0.4, 0.5) is 0 Å². The van der Waals surface area contributed by atoms with Crippen molar-refractivity contribution in [2.75, 3.05) is 13.2 Å². The van der Waals surface area contributed by atoms with Crippen LogP contribution < -0.4 is 0 Å². The van der Waals surface area contributed by atoms with E-state index in [0.717, 1.165) is 32.1 Å². The lowest BCUT2D eigenvalue weighted by Gasteiger charge is -2.15. The molecule has 0 rings (SSSR count). The van der Waals surface area contributed by atoms with Crippen molar-refractivity contribution in [1.29, 1.82) is 0 Å². The molecule has 0 aromatic rings. The summed E-state index contributed by atoms with van der Waals surface area (Å²) in [5, 5.41) is 9.73. The highest BCUT2D eigenvalue weighted by molar-refractivity contribution is 5.70. The van der Waals surface area contributed by atoms with Gasteiger partial charge in [0.2, 0.25) is 0 Å². The lowest BCUT2D eigenvalue weighted by atomic mass is 10.0. The average Bonchev–Trinajstić information content (AvgIpc) is 3.53. The molecule has 5 heteroatoms. The summed E-state index contributed by atoms with van der Waals surface area (Å²) in [7, 11) is 0. The quantitative estimate of drug-likeness (QED) is 0.0373. The van der Waals surface area contributed by atoms with E-state index < -0.39 is 6.10 Å². The number of rotatable bonds is 78. The number of esters is 2. The van der Waals surface area contributed by atoms with Crippen LogP contribution in [0.3, 0.4) is 0 Å². The monoisotopic (exact) mass is 1230 g/mol. The molecule has 0 saturated carbocycles. The number of carbonyl (C=O) groups excluding carboxylic acids is 2. The first-order valence-electron chi connectivity index (χ1n) is 40.7. The summed E-state index contributed by atoms with van der Waals surface area (Å²) in [4.78, 5) is 24.7. The van der Waals surface area contributed by atoms with Crippen molar-refractivity contribution in [3.05, 3.63) is 12.2 Å². The third-order valence-corrected chi connectivity index (χ3v) is 19.3. The van der Waals surface area contributed by atoms with Crippen molar-refractivity contribution >= 4 is 11.9 Å². The smallest absolute Gasteiger partial charge is 0.306 e. The second-order valence-electron chi connectivity index (χ2n) is 28.2. The van der Waals surface area contributed by atoms with Crippen LogP contribution in [0.2, 0.25) is 0 Å². The number of allylic oxidation sites excluding steroid dienone is 2. The van der Waals surface area contributed by atoms with Gasteiger partial charge in [-0.1, -0.05) is 443 Å². The molecule has 5 nitrogen and oxygen atoms in total. The Morgan fingerprint density at radius 3 is 0.621 bits per heavy atom. The van der Waals surface area contributed by atoms with Gasteiger partial charge in [-0.2, -0.15) is 0 Å². The molecule has 0 fully saturated rings. The minimum Gasteiger partial charge on any atom is -0.462 e. The molecule has 0 aliphatic heterocycles. The lowest BCUT2D eigenvalue weighted by Crippen LogP contribution is -2.28. The van der Waals surface area contributed by atoms with Gasteiger partial charge in [-0.3, -0.25) is 9.59 Å². The van der Waals surface area contributed by atoms with Gasteiger partial charge in [0.25, 0.3) is 0 Å². The predicted molar refractivity (Wildman–Crippen MR) is 385 cm³/mol. The number of hydrogen-bond acceptors (Lipinski definition) is 5. The van der Waals surface area contributed by atoms with Gasteiger partial charge >= 0.3 is 11.9 Å². The normalized spacial score (nSPS) is 12.1. The number of unbranched alkanes of at least 4 members (excludes halogenated alkanes) is 68. The molecule has 0 saturated heterocycles. The molecule has 0 aliphatic carbocycles. The Morgan fingerprint density at radius 2 is 0.425 bits per heavy atom. The fourth-order valence-electron chi connectivity index (χ4n) is 13.2. The molecule has 1 unspecified atom stereocenters. The summed E-state index contributed by atoms with van der Waals surface area (Å²) in [5.41, 5.74) is 0. The molecular weight excluding hydrogens is 1060 g/mol. The number of aliphatic hydroxyl groups is 1. The van der Waals surface area contributed by atoms with Crippen LogP contribution in [-0.2, 0) is 19.1 Å². The fraction of sp³-hybridized carbons (Fsp3) is 0.951. The highest BCUT2D eigenvalue weighted by Gasteiger charge is 2.16. The van der Waals surface area contributed by atoms with Crippen molar-refractivity contribution in [2.24, 2.45) is 0 Å². The number of hydrogen-bond donors (Lipinski definition) is 1. The van der Waals surface area contributed by atoms with Gasteiger partial charge in [0.15, 0.2) is 6.10 Å². The standard InChI is InChI=1S/C82H160O5/c1-3-5-7-9-11-13-15-17-19-21-23-25-27-29-31-33-35-37-38-39-40-41-42-43-45-46-48-50-52-54-56-58-60-62-64-66-68-70-72-74-76-81(84)86-79-80(78-83)87-82(85)77-75-73-71-69-67-65-63-61-59-57-55-53-51-49-47-44-36-34-32-30-28-26-24-22-20-18-16-14-12-10-8-6-4-2/h22,24,80,83H,3-21,23,25-79H2,1-2H3/b24-22-. The van der Waals surface area contributed by atoms with Crippen molar-refractivity contribution in [3.8, 4) is 0 Å². The summed E-state index contributed by atoms with van der Waals surface area (Å²) in [5.74, 6) is -0.558. The van der Waals surface area contributed by atoms with E-state index in [1.54, 1.807) is 0 Å². The van der Waals surface area contributed by atoms with E-state index >= 15 is 0 Å². The Hall–Kier alpha value is -1.36. The van der Waals surface area contributed by atoms with Crippen molar-refractivity contribution in [2.45, 2.75) is 489 Å². The first-order valence-corrected chi connectivity index (χ1v) is 40.7. The summed E-state index contributed by atoms with van der Waals surface area (Å²) in [6.07, 6.45) is 103. The van der Waals surface area contributed by atoms with E-state index in [0.29, 0.717) is 12.8 Å². The maximum absolute atomic E-state index is 12.4. The topological polar surface area (TPSA) is 72.8 Å². The van der Waals surface area contributed by atoms with E-state index in [1.807, 2.05) is 0 Å². The molecular formula is C82H160O5. The fourth-order valence-corrected chi connectivity index (χ4v) is 13.2. The Morgan fingerprint density at radius 1 is 0.253 bits per heavy atom. The van der Waals surface area contributed by atoms with Crippen molar-refractivity contribution in [3.63, 3.8) is 0 Å². The van der Waals surface area contributed by atoms with Gasteiger partial charge in [-0.05, 0) is 38.5 Å². The van der Waals surface area contributed by atoms with Gasteiger partial charge < -0.3 is 14.6 Å². The predicted octanol–water partition coefficient (Wildman–Crippen LogP) is 28.5. The Bertz CT molecular complexity index is 1300. The van der Waals surface area contributed by atoms with Gasteiger partial charge in [-0.25, -0.2) is 0 Å². The molecule has 87 heavy (non-hydrogen) atoms. The maximum Gasteiger partial charge on any atom is 0.306 e. The summed E-state index contributed by atoms with van der Waals surface area (Å²) in [6.45, 7) is 4.23. The second-order valence-corrected chi connectivity index (χ2v) is 28.2. The first-order chi connectivity index (χ1) is 43.1. The zero-order chi connectivity index (χ0) is 62.6. The van der Waals surface area contributed by atoms with E-state index in [-0.39, 0.29) is 25.2 Å². The molecule has 0 radical (unpaired) electrons. The number of aliphatic hydroxyl groups excluding tert-OH is 1.